The number of hydrogen-bond acceptors (Lipinski definition) is 5. The first-order valence-electron chi connectivity index (χ1n) is 10.8. The molecule has 0 spiro atoms. The molecule has 2 aliphatic rings. The van der Waals surface area contributed by atoms with Crippen LogP contribution in [0.2, 0.25) is 5.02 Å². The van der Waals surface area contributed by atoms with Crippen LogP contribution in [0.5, 0.6) is 0 Å². The topological polar surface area (TPSA) is 78.4 Å². The van der Waals surface area contributed by atoms with E-state index in [1.54, 1.807) is 23.3 Å². The van der Waals surface area contributed by atoms with E-state index in [2.05, 4.69) is 22.2 Å². The van der Waals surface area contributed by atoms with Crippen LogP contribution in [0, 0.1) is 17.7 Å². The van der Waals surface area contributed by atoms with Gasteiger partial charge in [0.05, 0.1) is 17.0 Å². The quantitative estimate of drug-likeness (QED) is 0.413. The number of carbonyl (C=O) groups is 2. The highest BCUT2D eigenvalue weighted by Gasteiger charge is 2.31. The largest absolute Gasteiger partial charge is 0.481 e. The van der Waals surface area contributed by atoms with Gasteiger partial charge in [-0.25, -0.2) is 4.39 Å². The second-order valence-electron chi connectivity index (χ2n) is 8.59. The average molecular weight is 497 g/mol. The lowest BCUT2D eigenvalue weighted by Gasteiger charge is -2.29. The Morgan fingerprint density at radius 2 is 1.91 bits per heavy atom. The molecular weight excluding hydrogens is 471 g/mol. The number of thiophene rings is 1. The van der Waals surface area contributed by atoms with Crippen LogP contribution >= 0.6 is 34.9 Å². The zero-order valence-electron chi connectivity index (χ0n) is 17.5. The van der Waals surface area contributed by atoms with Crippen LogP contribution in [-0.4, -0.2) is 22.7 Å². The normalized spacial score (nSPS) is 25.9. The number of aliphatic carboxylic acids is 1. The van der Waals surface area contributed by atoms with Gasteiger partial charge in [0.25, 0.3) is 0 Å². The minimum absolute atomic E-state index is 0.0107. The Bertz CT molecular complexity index is 978. The maximum atomic E-state index is 13.4. The maximum Gasteiger partial charge on any atom is 0.303 e. The van der Waals surface area contributed by atoms with Crippen molar-refractivity contribution >= 4 is 52.4 Å². The van der Waals surface area contributed by atoms with Gasteiger partial charge in [-0.3, -0.25) is 14.3 Å². The molecule has 2 aromatic rings. The Morgan fingerprint density at radius 1 is 1.16 bits per heavy atom. The minimum atomic E-state index is -0.700. The van der Waals surface area contributed by atoms with Gasteiger partial charge in [0.2, 0.25) is 5.91 Å². The summed E-state index contributed by atoms with van der Waals surface area (Å²) in [6, 6.07) is 8.64. The molecule has 172 valence electrons. The van der Waals surface area contributed by atoms with E-state index in [9.17, 15) is 14.0 Å². The number of carbonyl (C=O) groups excluding carboxylic acids is 1. The predicted molar refractivity (Wildman–Crippen MR) is 128 cm³/mol. The molecule has 1 amide bonds. The molecule has 0 bridgehead atoms. The van der Waals surface area contributed by atoms with E-state index < -0.39 is 11.8 Å². The second-order valence-corrected chi connectivity index (χ2v) is 11.0. The highest BCUT2D eigenvalue weighted by Crippen LogP contribution is 2.42. The number of halogens is 2. The summed E-state index contributed by atoms with van der Waals surface area (Å²) in [4.78, 5) is 26.3. The minimum Gasteiger partial charge on any atom is -0.481 e. The Morgan fingerprint density at radius 3 is 2.62 bits per heavy atom. The van der Waals surface area contributed by atoms with Gasteiger partial charge in [0.1, 0.15) is 5.82 Å². The monoisotopic (exact) mass is 496 g/mol. The van der Waals surface area contributed by atoms with Crippen LogP contribution in [0.1, 0.15) is 60.2 Å². The summed E-state index contributed by atoms with van der Waals surface area (Å²) in [6.07, 6.45) is 4.99. The number of carboxylic acids is 1. The molecule has 1 aliphatic carbocycles. The number of rotatable bonds is 6. The van der Waals surface area contributed by atoms with Crippen molar-refractivity contribution in [3.63, 3.8) is 0 Å². The van der Waals surface area contributed by atoms with E-state index in [1.807, 2.05) is 0 Å². The van der Waals surface area contributed by atoms with Crippen LogP contribution < -0.4 is 10.0 Å². The molecule has 2 heterocycles. The van der Waals surface area contributed by atoms with Gasteiger partial charge in [0.15, 0.2) is 0 Å². The van der Waals surface area contributed by atoms with Gasteiger partial charge >= 0.3 is 5.97 Å². The van der Waals surface area contributed by atoms with Crippen LogP contribution in [0.3, 0.4) is 0 Å². The van der Waals surface area contributed by atoms with Gasteiger partial charge < -0.3 is 10.4 Å². The molecule has 1 saturated heterocycles. The van der Waals surface area contributed by atoms with Crippen LogP contribution in [0.25, 0.3) is 0 Å². The van der Waals surface area contributed by atoms with Crippen molar-refractivity contribution in [2.75, 3.05) is 11.1 Å². The van der Waals surface area contributed by atoms with Crippen molar-refractivity contribution in [3.05, 3.63) is 50.9 Å². The number of hydrogen-bond donors (Lipinski definition) is 3. The zero-order valence-corrected chi connectivity index (χ0v) is 19.9. The number of anilines is 1. The summed E-state index contributed by atoms with van der Waals surface area (Å²) in [5.74, 6) is 0.0164. The summed E-state index contributed by atoms with van der Waals surface area (Å²) >= 11 is 9.17. The summed E-state index contributed by atoms with van der Waals surface area (Å²) in [5, 5.41) is 11.9. The fourth-order valence-electron chi connectivity index (χ4n) is 4.50. The van der Waals surface area contributed by atoms with Crippen molar-refractivity contribution < 1.29 is 19.1 Å². The molecule has 2 atom stereocenters. The van der Waals surface area contributed by atoms with Crippen LogP contribution in [0.15, 0.2) is 30.3 Å². The third-order valence-corrected chi connectivity index (χ3v) is 8.96. The van der Waals surface area contributed by atoms with E-state index in [-0.39, 0.29) is 29.3 Å². The summed E-state index contributed by atoms with van der Waals surface area (Å²) in [7, 11) is 0. The molecule has 9 heteroatoms. The van der Waals surface area contributed by atoms with Crippen molar-refractivity contribution in [2.45, 2.75) is 50.5 Å². The highest BCUT2D eigenvalue weighted by atomic mass is 35.5. The Hall–Kier alpha value is -1.61. The third kappa shape index (κ3) is 5.84. The maximum absolute atomic E-state index is 13.4. The van der Waals surface area contributed by atoms with Crippen molar-refractivity contribution in [2.24, 2.45) is 11.8 Å². The number of carboxylic acid groups (broad SMARTS) is 1. The van der Waals surface area contributed by atoms with Gasteiger partial charge in [0, 0.05) is 27.6 Å². The zero-order chi connectivity index (χ0) is 22.7. The molecule has 1 saturated carbocycles. The molecular formula is C23H26ClFN2O3S2. The first-order chi connectivity index (χ1) is 15.4. The second kappa shape index (κ2) is 10.5. The molecule has 1 aromatic carbocycles. The molecule has 1 aromatic heterocycles. The van der Waals surface area contributed by atoms with E-state index >= 15 is 0 Å². The summed E-state index contributed by atoms with van der Waals surface area (Å²) in [6.45, 7) is 0. The average Bonchev–Trinajstić information content (AvgIpc) is 3.27. The molecule has 2 unspecified atom stereocenters. The van der Waals surface area contributed by atoms with E-state index in [4.69, 9.17) is 16.7 Å². The Kier molecular flexibility index (Phi) is 7.76. The van der Waals surface area contributed by atoms with E-state index in [0.29, 0.717) is 29.7 Å². The van der Waals surface area contributed by atoms with Gasteiger partial charge in [-0.05, 0) is 74.3 Å². The molecule has 3 N–H and O–H groups in total. The molecule has 5 nitrogen and oxygen atoms in total. The SMILES string of the molecule is O=C(O)CC1CCC(c2ccc(C3CC(C(=O)Nc4ccc(F)c(Cl)c4)CSN3)s2)CC1. The summed E-state index contributed by atoms with van der Waals surface area (Å²) in [5.41, 5.74) is 0.499. The lowest BCUT2D eigenvalue weighted by molar-refractivity contribution is -0.138. The fourth-order valence-corrected chi connectivity index (χ4v) is 7.01. The van der Waals surface area contributed by atoms with Crippen molar-refractivity contribution in [3.8, 4) is 0 Å². The Labute approximate surface area is 200 Å². The molecule has 1 aliphatic heterocycles. The molecule has 32 heavy (non-hydrogen) atoms. The lowest BCUT2D eigenvalue weighted by Crippen LogP contribution is -2.33. The van der Waals surface area contributed by atoms with E-state index in [1.165, 1.54) is 28.0 Å². The van der Waals surface area contributed by atoms with Crippen molar-refractivity contribution in [1.29, 1.82) is 0 Å². The molecule has 4 rings (SSSR count). The smallest absolute Gasteiger partial charge is 0.303 e. The Balaban J connectivity index is 1.33. The number of nitrogens with one attached hydrogen (secondary N) is 2. The third-order valence-electron chi connectivity index (χ3n) is 6.29. The lowest BCUT2D eigenvalue weighted by atomic mass is 9.80. The highest BCUT2D eigenvalue weighted by molar-refractivity contribution is 7.97. The first-order valence-corrected chi connectivity index (χ1v) is 13.0. The standard InChI is InChI=1S/C23H26ClFN2O3S2/c24-17-11-16(5-6-18(17)25)26-23(30)15-10-19(27-31-12-15)21-8-7-20(32-21)14-3-1-13(2-4-14)9-22(28)29/h5-8,11,13-15,19,27H,1-4,9-10,12H2,(H,26,30)(H,28,29). The number of amides is 1. The van der Waals surface area contributed by atoms with Crippen LogP contribution in [-0.2, 0) is 9.59 Å². The van der Waals surface area contributed by atoms with Gasteiger partial charge in [-0.2, -0.15) is 0 Å². The van der Waals surface area contributed by atoms with Gasteiger partial charge in [-0.15, -0.1) is 11.3 Å². The van der Waals surface area contributed by atoms with Crippen LogP contribution in [0.4, 0.5) is 10.1 Å². The fraction of sp³-hybridized carbons (Fsp3) is 0.478. The number of benzene rings is 1. The predicted octanol–water partition coefficient (Wildman–Crippen LogP) is 6.23. The molecule has 0 radical (unpaired) electrons. The summed E-state index contributed by atoms with van der Waals surface area (Å²) < 4.78 is 16.8. The van der Waals surface area contributed by atoms with Crippen molar-refractivity contribution in [1.82, 2.24) is 4.72 Å². The van der Waals surface area contributed by atoms with Gasteiger partial charge in [-0.1, -0.05) is 23.5 Å². The molecule has 2 fully saturated rings. The van der Waals surface area contributed by atoms with E-state index in [0.717, 1.165) is 25.7 Å². The first kappa shape index (κ1) is 23.5.